The van der Waals surface area contributed by atoms with Crippen LogP contribution in [0.5, 0.6) is 0 Å². The molecule has 0 amide bonds. The zero-order valence-corrected chi connectivity index (χ0v) is 9.41. The molecule has 0 fully saturated rings. The summed E-state index contributed by atoms with van der Waals surface area (Å²) in [5, 5.41) is 20.1. The molecule has 0 radical (unpaired) electrons. The maximum atomic E-state index is 10.2. The van der Waals surface area contributed by atoms with Crippen molar-refractivity contribution < 1.29 is 64.6 Å². The average Bonchev–Trinajstić information content (AvgIpc) is 1.60. The molecule has 0 saturated carbocycles. The fraction of sp³-hybridized carbons (Fsp3) is 0.667. The topological polar surface area (TPSA) is 80.3 Å². The van der Waals surface area contributed by atoms with Gasteiger partial charge in [0.1, 0.15) is 0 Å². The average molecular weight is 360 g/mol. The molecule has 0 aliphatic rings. The van der Waals surface area contributed by atoms with Crippen LogP contribution in [-0.4, -0.2) is 11.9 Å². The van der Waals surface area contributed by atoms with E-state index in [-0.39, 0.29) is 44.8 Å². The first kappa shape index (κ1) is 18.3. The van der Waals surface area contributed by atoms with Gasteiger partial charge in [0.2, 0.25) is 0 Å². The molecule has 4 nitrogen and oxygen atoms in total. The molecule has 0 rings (SSSR count). The van der Waals surface area contributed by atoms with Gasteiger partial charge < -0.3 is 19.8 Å². The van der Waals surface area contributed by atoms with Gasteiger partial charge in [-0.2, -0.15) is 0 Å². The number of carboxylic acids is 2. The minimum absolute atomic E-state index is 0. The van der Waals surface area contributed by atoms with E-state index in [9.17, 15) is 19.8 Å². The zero-order chi connectivity index (χ0) is 8.36. The van der Waals surface area contributed by atoms with Crippen LogP contribution in [0.3, 0.4) is 0 Å². The molecule has 0 heterocycles. The van der Waals surface area contributed by atoms with Crippen molar-refractivity contribution in [3.63, 3.8) is 0 Å². The van der Waals surface area contributed by atoms with Gasteiger partial charge in [-0.1, -0.05) is 13.8 Å². The Hall–Kier alpha value is 0.421. The molecular weight excluding hydrogens is 352 g/mol. The molecule has 0 aliphatic carbocycles. The van der Waals surface area contributed by atoms with Gasteiger partial charge in [0.05, 0.1) is 0 Å². The third kappa shape index (κ3) is 7.09. The first-order chi connectivity index (χ1) is 4.36. The predicted octanol–water partition coefficient (Wildman–Crippen LogP) is -2.10. The molecule has 0 bridgehead atoms. The van der Waals surface area contributed by atoms with Crippen LogP contribution in [0.2, 0.25) is 0 Å². The van der Waals surface area contributed by atoms with Crippen molar-refractivity contribution in [1.82, 2.24) is 0 Å². The van der Waals surface area contributed by atoms with Crippen LogP contribution >= 0.6 is 0 Å². The Bertz CT molecular complexity index is 167. The van der Waals surface area contributed by atoms with E-state index in [2.05, 4.69) is 0 Å². The normalized spacial score (nSPS) is 9.17. The Morgan fingerprint density at radius 2 is 1.50 bits per heavy atom. The molecule has 0 aromatic rings. The van der Waals surface area contributed by atoms with E-state index < -0.39 is 23.8 Å². The molecule has 0 aromatic heterocycles. The van der Waals surface area contributed by atoms with Gasteiger partial charge in [-0.3, -0.25) is 0 Å². The van der Waals surface area contributed by atoms with Crippen LogP contribution in [0.1, 0.15) is 20.3 Å². The molecule has 78 valence electrons. The van der Waals surface area contributed by atoms with E-state index in [0.29, 0.717) is 0 Å². The molecular formula is C6H8Ag2O4. The van der Waals surface area contributed by atoms with Gasteiger partial charge in [-0.15, -0.1) is 0 Å². The first-order valence-corrected chi connectivity index (χ1v) is 2.77. The number of carbonyl (C=O) groups excluding carboxylic acids is 2. The van der Waals surface area contributed by atoms with Crippen LogP contribution in [0, 0.1) is 5.41 Å². The molecule has 12 heavy (non-hydrogen) atoms. The van der Waals surface area contributed by atoms with Gasteiger partial charge in [-0.05, 0) is 6.42 Å². The summed E-state index contributed by atoms with van der Waals surface area (Å²) in [7, 11) is 0. The Kier molecular flexibility index (Phi) is 10.5. The largest absolute Gasteiger partial charge is 1.00 e. The van der Waals surface area contributed by atoms with E-state index in [0.717, 1.165) is 0 Å². The second-order valence-corrected chi connectivity index (χ2v) is 2.72. The number of carboxylic acid groups (broad SMARTS) is 2. The Labute approximate surface area is 102 Å². The molecule has 6 heteroatoms. The van der Waals surface area contributed by atoms with Crippen LogP contribution in [0.25, 0.3) is 0 Å². The van der Waals surface area contributed by atoms with Crippen molar-refractivity contribution in [2.75, 3.05) is 0 Å². The van der Waals surface area contributed by atoms with Crippen LogP contribution in [-0.2, 0) is 54.3 Å². The van der Waals surface area contributed by atoms with Gasteiger partial charge >= 0.3 is 44.8 Å². The maximum absolute atomic E-state index is 10.2. The van der Waals surface area contributed by atoms with Crippen molar-refractivity contribution in [3.05, 3.63) is 0 Å². The SMILES string of the molecule is CC(C)(CC(=O)[O-])C(=O)[O-].[Ag+].[Ag+]. The van der Waals surface area contributed by atoms with E-state index in [1.54, 1.807) is 0 Å². The second kappa shape index (κ2) is 6.89. The molecule has 0 unspecified atom stereocenters. The zero-order valence-electron chi connectivity index (χ0n) is 6.44. The molecule has 0 saturated heterocycles. The van der Waals surface area contributed by atoms with Crippen molar-refractivity contribution in [3.8, 4) is 0 Å². The van der Waals surface area contributed by atoms with Gasteiger partial charge in [0.15, 0.2) is 0 Å². The molecule has 0 aromatic carbocycles. The van der Waals surface area contributed by atoms with Gasteiger partial charge in [0, 0.05) is 17.4 Å². The van der Waals surface area contributed by atoms with E-state index in [4.69, 9.17) is 0 Å². The van der Waals surface area contributed by atoms with Crippen molar-refractivity contribution in [2.24, 2.45) is 5.41 Å². The summed E-state index contributed by atoms with van der Waals surface area (Å²) in [5.74, 6) is -2.76. The summed E-state index contributed by atoms with van der Waals surface area (Å²) in [5.41, 5.74) is -1.33. The minimum Gasteiger partial charge on any atom is -0.550 e. The van der Waals surface area contributed by atoms with Crippen molar-refractivity contribution >= 4 is 11.9 Å². The Morgan fingerprint density at radius 1 is 1.17 bits per heavy atom. The first-order valence-electron chi connectivity index (χ1n) is 2.77. The number of aliphatic carboxylic acids is 2. The second-order valence-electron chi connectivity index (χ2n) is 2.72. The molecule has 0 aliphatic heterocycles. The van der Waals surface area contributed by atoms with E-state index in [1.807, 2.05) is 0 Å². The van der Waals surface area contributed by atoms with Crippen LogP contribution in [0.4, 0.5) is 0 Å². The van der Waals surface area contributed by atoms with Crippen LogP contribution < -0.4 is 10.2 Å². The summed E-state index contributed by atoms with van der Waals surface area (Å²) in [4.78, 5) is 20.1. The number of hydrogen-bond acceptors (Lipinski definition) is 4. The molecule has 0 N–H and O–H groups in total. The third-order valence-corrected chi connectivity index (χ3v) is 1.14. The third-order valence-electron chi connectivity index (χ3n) is 1.14. The number of rotatable bonds is 3. The minimum atomic E-state index is -1.38. The van der Waals surface area contributed by atoms with Gasteiger partial charge in [-0.25, -0.2) is 0 Å². The fourth-order valence-corrected chi connectivity index (χ4v) is 0.433. The Balaban J connectivity index is -0.000000405. The summed E-state index contributed by atoms with van der Waals surface area (Å²) in [6, 6.07) is 0. The molecule has 0 atom stereocenters. The van der Waals surface area contributed by atoms with E-state index in [1.165, 1.54) is 13.8 Å². The standard InChI is InChI=1S/C6H10O4.2Ag/c1-6(2,5(9)10)3-4(7)8;;/h3H2,1-2H3,(H,7,8)(H,9,10);;/q;2*+1/p-2. The van der Waals surface area contributed by atoms with Crippen LogP contribution in [0.15, 0.2) is 0 Å². The smallest absolute Gasteiger partial charge is 0.550 e. The summed E-state index contributed by atoms with van der Waals surface area (Å²) in [6.07, 6.45) is -0.519. The predicted molar refractivity (Wildman–Crippen MR) is 28.4 cm³/mol. The van der Waals surface area contributed by atoms with Crippen molar-refractivity contribution in [2.45, 2.75) is 20.3 Å². The van der Waals surface area contributed by atoms with E-state index >= 15 is 0 Å². The quantitative estimate of drug-likeness (QED) is 0.541. The number of carbonyl (C=O) groups is 2. The Morgan fingerprint density at radius 3 is 1.58 bits per heavy atom. The monoisotopic (exact) mass is 358 g/mol. The summed E-state index contributed by atoms with van der Waals surface area (Å²) >= 11 is 0. The number of hydrogen-bond donors (Lipinski definition) is 0. The summed E-state index contributed by atoms with van der Waals surface area (Å²) < 4.78 is 0. The van der Waals surface area contributed by atoms with Crippen molar-refractivity contribution in [1.29, 1.82) is 0 Å². The fourth-order valence-electron chi connectivity index (χ4n) is 0.433. The summed E-state index contributed by atoms with van der Waals surface area (Å²) in [6.45, 7) is 2.55. The maximum Gasteiger partial charge on any atom is 1.00 e. The van der Waals surface area contributed by atoms with Gasteiger partial charge in [0.25, 0.3) is 0 Å². The molecule has 0 spiro atoms.